The number of para-hydroxylation sites is 1. The standard InChI is InChI=1S/C12H16ClN3/c13-10-6-2-3-7-11(10)15-12(14)16-8-4-1-5-9-16/h2-3,6-7H,1,4-5,8-9H2,(H2,14,15). The second kappa shape index (κ2) is 5.21. The Morgan fingerprint density at radius 3 is 2.56 bits per heavy atom. The molecule has 0 amide bonds. The molecule has 1 fully saturated rings. The number of nitrogens with two attached hydrogens (primary N) is 1. The van der Waals surface area contributed by atoms with Crippen LogP contribution in [0.2, 0.25) is 5.02 Å². The van der Waals surface area contributed by atoms with Crippen LogP contribution in [0, 0.1) is 0 Å². The largest absolute Gasteiger partial charge is 0.369 e. The lowest BCUT2D eigenvalue weighted by molar-refractivity contribution is 0.339. The number of rotatable bonds is 1. The van der Waals surface area contributed by atoms with Crippen LogP contribution >= 0.6 is 11.6 Å². The van der Waals surface area contributed by atoms with Crippen molar-refractivity contribution in [1.29, 1.82) is 0 Å². The molecule has 0 spiro atoms. The summed E-state index contributed by atoms with van der Waals surface area (Å²) >= 11 is 6.03. The first-order chi connectivity index (χ1) is 7.77. The van der Waals surface area contributed by atoms with E-state index >= 15 is 0 Å². The molecule has 0 unspecified atom stereocenters. The average molecular weight is 238 g/mol. The van der Waals surface area contributed by atoms with Gasteiger partial charge >= 0.3 is 0 Å². The van der Waals surface area contributed by atoms with E-state index in [0.717, 1.165) is 18.8 Å². The molecule has 0 aromatic heterocycles. The second-order valence-electron chi connectivity index (χ2n) is 3.97. The highest BCUT2D eigenvalue weighted by molar-refractivity contribution is 6.33. The summed E-state index contributed by atoms with van der Waals surface area (Å²) < 4.78 is 0. The van der Waals surface area contributed by atoms with Crippen LogP contribution in [0.1, 0.15) is 19.3 Å². The molecule has 1 heterocycles. The molecule has 1 aliphatic rings. The van der Waals surface area contributed by atoms with Gasteiger partial charge in [-0.1, -0.05) is 23.7 Å². The van der Waals surface area contributed by atoms with E-state index in [4.69, 9.17) is 17.3 Å². The molecule has 2 rings (SSSR count). The molecule has 1 aromatic carbocycles. The van der Waals surface area contributed by atoms with Crippen LogP contribution in [0.5, 0.6) is 0 Å². The lowest BCUT2D eigenvalue weighted by Crippen LogP contribution is -2.40. The molecular formula is C12H16ClN3. The highest BCUT2D eigenvalue weighted by Crippen LogP contribution is 2.24. The zero-order valence-corrected chi connectivity index (χ0v) is 9.95. The van der Waals surface area contributed by atoms with Gasteiger partial charge in [0, 0.05) is 13.1 Å². The van der Waals surface area contributed by atoms with E-state index in [-0.39, 0.29) is 0 Å². The molecule has 0 aliphatic carbocycles. The van der Waals surface area contributed by atoms with Crippen LogP contribution < -0.4 is 5.73 Å². The summed E-state index contributed by atoms with van der Waals surface area (Å²) in [7, 11) is 0. The molecule has 4 heteroatoms. The number of nitrogens with zero attached hydrogens (tertiary/aromatic N) is 2. The van der Waals surface area contributed by atoms with Crippen molar-refractivity contribution in [2.45, 2.75) is 19.3 Å². The Labute approximate surface area is 101 Å². The van der Waals surface area contributed by atoms with E-state index in [0.29, 0.717) is 11.0 Å². The topological polar surface area (TPSA) is 41.6 Å². The van der Waals surface area contributed by atoms with Crippen LogP contribution in [-0.2, 0) is 0 Å². The minimum Gasteiger partial charge on any atom is -0.369 e. The normalized spacial score (nSPS) is 17.6. The van der Waals surface area contributed by atoms with Gasteiger partial charge in [0.25, 0.3) is 0 Å². The molecule has 0 radical (unpaired) electrons. The first kappa shape index (κ1) is 11.3. The van der Waals surface area contributed by atoms with Crippen LogP contribution in [0.15, 0.2) is 29.3 Å². The highest BCUT2D eigenvalue weighted by Gasteiger charge is 2.12. The molecule has 0 atom stereocenters. The molecule has 3 nitrogen and oxygen atoms in total. The van der Waals surface area contributed by atoms with Gasteiger partial charge in [-0.15, -0.1) is 0 Å². The third-order valence-electron chi connectivity index (χ3n) is 2.77. The van der Waals surface area contributed by atoms with Gasteiger partial charge in [0.15, 0.2) is 5.96 Å². The maximum absolute atomic E-state index is 6.03. The number of likely N-dealkylation sites (tertiary alicyclic amines) is 1. The van der Waals surface area contributed by atoms with E-state index in [1.807, 2.05) is 24.3 Å². The zero-order chi connectivity index (χ0) is 11.4. The predicted molar refractivity (Wildman–Crippen MR) is 68.2 cm³/mol. The lowest BCUT2D eigenvalue weighted by atomic mass is 10.1. The fourth-order valence-electron chi connectivity index (χ4n) is 1.86. The quantitative estimate of drug-likeness (QED) is 0.603. The molecule has 2 N–H and O–H groups in total. The van der Waals surface area contributed by atoms with Gasteiger partial charge in [-0.2, -0.15) is 0 Å². The summed E-state index contributed by atoms with van der Waals surface area (Å²) in [5.41, 5.74) is 6.71. The molecule has 1 saturated heterocycles. The van der Waals surface area contributed by atoms with E-state index in [9.17, 15) is 0 Å². The van der Waals surface area contributed by atoms with Crippen molar-refractivity contribution in [3.05, 3.63) is 29.3 Å². The Kier molecular flexibility index (Phi) is 3.67. The summed E-state index contributed by atoms with van der Waals surface area (Å²) in [6.45, 7) is 2.00. The van der Waals surface area contributed by atoms with Crippen LogP contribution in [0.4, 0.5) is 5.69 Å². The van der Waals surface area contributed by atoms with Gasteiger partial charge in [-0.05, 0) is 31.4 Å². The van der Waals surface area contributed by atoms with E-state index < -0.39 is 0 Å². The van der Waals surface area contributed by atoms with Gasteiger partial charge in [0.2, 0.25) is 0 Å². The van der Waals surface area contributed by atoms with Gasteiger partial charge < -0.3 is 10.6 Å². The number of guanidine groups is 1. The van der Waals surface area contributed by atoms with Crippen molar-refractivity contribution in [3.63, 3.8) is 0 Å². The molecule has 0 bridgehead atoms. The number of piperidine rings is 1. The summed E-state index contributed by atoms with van der Waals surface area (Å²) in [5.74, 6) is 0.577. The third kappa shape index (κ3) is 2.67. The predicted octanol–water partition coefficient (Wildman–Crippen LogP) is 2.77. The number of aliphatic imine (C=N–C) groups is 1. The second-order valence-corrected chi connectivity index (χ2v) is 4.38. The minimum atomic E-state index is 0.577. The number of hydrogen-bond acceptors (Lipinski definition) is 1. The van der Waals surface area contributed by atoms with Crippen molar-refractivity contribution in [1.82, 2.24) is 4.90 Å². The first-order valence-corrected chi connectivity index (χ1v) is 5.99. The molecule has 86 valence electrons. The van der Waals surface area contributed by atoms with Gasteiger partial charge in [0.05, 0.1) is 10.7 Å². The van der Waals surface area contributed by atoms with E-state index in [2.05, 4.69) is 9.89 Å². The van der Waals surface area contributed by atoms with Crippen molar-refractivity contribution in [3.8, 4) is 0 Å². The van der Waals surface area contributed by atoms with Crippen molar-refractivity contribution in [2.24, 2.45) is 10.7 Å². The van der Waals surface area contributed by atoms with Gasteiger partial charge in [-0.3, -0.25) is 0 Å². The fraction of sp³-hybridized carbons (Fsp3) is 0.417. The van der Waals surface area contributed by atoms with E-state index in [1.54, 1.807) is 0 Å². The maximum atomic E-state index is 6.03. The van der Waals surface area contributed by atoms with Crippen molar-refractivity contribution < 1.29 is 0 Å². The fourth-order valence-corrected chi connectivity index (χ4v) is 2.04. The molecule has 1 aromatic rings. The minimum absolute atomic E-state index is 0.577. The van der Waals surface area contributed by atoms with Gasteiger partial charge in [-0.25, -0.2) is 4.99 Å². The Morgan fingerprint density at radius 1 is 1.19 bits per heavy atom. The summed E-state index contributed by atoms with van der Waals surface area (Å²) in [6, 6.07) is 7.50. The molecular weight excluding hydrogens is 222 g/mol. The third-order valence-corrected chi connectivity index (χ3v) is 3.09. The van der Waals surface area contributed by atoms with Gasteiger partial charge in [0.1, 0.15) is 0 Å². The lowest BCUT2D eigenvalue weighted by Gasteiger charge is -2.27. The Balaban J connectivity index is 2.13. The first-order valence-electron chi connectivity index (χ1n) is 5.61. The zero-order valence-electron chi connectivity index (χ0n) is 9.19. The SMILES string of the molecule is NC(=Nc1ccccc1Cl)N1CCCCC1. The van der Waals surface area contributed by atoms with Crippen LogP contribution in [0.3, 0.4) is 0 Å². The summed E-state index contributed by atoms with van der Waals surface area (Å²) in [4.78, 5) is 6.49. The molecule has 1 aliphatic heterocycles. The summed E-state index contributed by atoms with van der Waals surface area (Å²) in [6.07, 6.45) is 3.67. The Bertz CT molecular complexity index is 384. The van der Waals surface area contributed by atoms with Crippen molar-refractivity contribution in [2.75, 3.05) is 13.1 Å². The number of hydrogen-bond donors (Lipinski definition) is 1. The Morgan fingerprint density at radius 2 is 1.88 bits per heavy atom. The van der Waals surface area contributed by atoms with Crippen LogP contribution in [0.25, 0.3) is 0 Å². The number of halogens is 1. The van der Waals surface area contributed by atoms with Crippen molar-refractivity contribution >= 4 is 23.2 Å². The smallest absolute Gasteiger partial charge is 0.196 e. The highest BCUT2D eigenvalue weighted by atomic mass is 35.5. The van der Waals surface area contributed by atoms with Crippen LogP contribution in [-0.4, -0.2) is 23.9 Å². The molecule has 16 heavy (non-hydrogen) atoms. The number of benzene rings is 1. The van der Waals surface area contributed by atoms with E-state index in [1.165, 1.54) is 19.3 Å². The molecule has 0 saturated carbocycles. The average Bonchev–Trinajstić information content (AvgIpc) is 2.33. The maximum Gasteiger partial charge on any atom is 0.196 e. The monoisotopic (exact) mass is 237 g/mol. The Hall–Kier alpha value is -1.22. The summed E-state index contributed by atoms with van der Waals surface area (Å²) in [5, 5.41) is 0.641.